The van der Waals surface area contributed by atoms with Crippen LogP contribution in [0.4, 0.5) is 11.4 Å². The van der Waals surface area contributed by atoms with E-state index in [0.29, 0.717) is 0 Å². The molecule has 0 radical (unpaired) electrons. The van der Waals surface area contributed by atoms with Crippen molar-refractivity contribution >= 4 is 28.7 Å². The predicted octanol–water partition coefficient (Wildman–Crippen LogP) is 3.98. The van der Waals surface area contributed by atoms with Crippen molar-refractivity contribution < 1.29 is 9.90 Å². The van der Waals surface area contributed by atoms with Gasteiger partial charge in [0.05, 0.1) is 11.6 Å². The summed E-state index contributed by atoms with van der Waals surface area (Å²) in [4.78, 5) is 12.2. The topological polar surface area (TPSA) is 75.3 Å². The number of benzene rings is 1. The van der Waals surface area contributed by atoms with E-state index in [1.54, 1.807) is 23.5 Å². The summed E-state index contributed by atoms with van der Waals surface area (Å²) >= 11 is 1.71. The van der Waals surface area contributed by atoms with E-state index in [1.807, 2.05) is 6.07 Å². The van der Waals surface area contributed by atoms with Crippen LogP contribution in [0.15, 0.2) is 35.7 Å². The molecule has 0 aliphatic heterocycles. The molecular weight excluding hydrogens is 272 g/mol. The normalized spacial score (nSPS) is 12.1. The van der Waals surface area contributed by atoms with Gasteiger partial charge in [-0.05, 0) is 36.1 Å². The molecule has 106 valence electrons. The number of anilines is 2. The van der Waals surface area contributed by atoms with Crippen LogP contribution in [-0.2, 0) is 0 Å². The van der Waals surface area contributed by atoms with E-state index in [4.69, 9.17) is 10.8 Å². The lowest BCUT2D eigenvalue weighted by molar-refractivity contribution is 0.0698. The van der Waals surface area contributed by atoms with E-state index >= 15 is 0 Å². The third kappa shape index (κ3) is 3.30. The summed E-state index contributed by atoms with van der Waals surface area (Å²) in [7, 11) is 0. The van der Waals surface area contributed by atoms with Gasteiger partial charge in [0.15, 0.2) is 0 Å². The molecule has 2 aromatic rings. The predicted molar refractivity (Wildman–Crippen MR) is 83.4 cm³/mol. The van der Waals surface area contributed by atoms with Gasteiger partial charge in [-0.1, -0.05) is 19.4 Å². The second-order valence-corrected chi connectivity index (χ2v) is 5.59. The number of carbonyl (C=O) groups is 1. The van der Waals surface area contributed by atoms with Crippen LogP contribution in [-0.4, -0.2) is 11.1 Å². The molecule has 1 aromatic carbocycles. The highest BCUT2D eigenvalue weighted by Gasteiger charge is 2.13. The fourth-order valence-electron chi connectivity index (χ4n) is 2.11. The van der Waals surface area contributed by atoms with Gasteiger partial charge in [0.2, 0.25) is 0 Å². The van der Waals surface area contributed by atoms with Crippen LogP contribution in [0.5, 0.6) is 0 Å². The molecule has 0 fully saturated rings. The fraction of sp³-hybridized carbons (Fsp3) is 0.267. The van der Waals surface area contributed by atoms with Crippen LogP contribution in [0, 0.1) is 0 Å². The Hall–Kier alpha value is -2.01. The van der Waals surface area contributed by atoms with Gasteiger partial charge < -0.3 is 16.2 Å². The molecule has 2 rings (SSSR count). The monoisotopic (exact) mass is 290 g/mol. The molecule has 0 amide bonds. The summed E-state index contributed by atoms with van der Waals surface area (Å²) in [5.41, 5.74) is 7.04. The number of rotatable bonds is 6. The Morgan fingerprint density at radius 3 is 2.80 bits per heavy atom. The first-order valence-electron chi connectivity index (χ1n) is 6.54. The van der Waals surface area contributed by atoms with Crippen molar-refractivity contribution in [2.45, 2.75) is 25.8 Å². The Kier molecular flexibility index (Phi) is 4.63. The molecule has 4 nitrogen and oxygen atoms in total. The summed E-state index contributed by atoms with van der Waals surface area (Å²) in [5.74, 6) is -1.00. The minimum Gasteiger partial charge on any atom is -0.478 e. The van der Waals surface area contributed by atoms with Gasteiger partial charge in [-0.2, -0.15) is 0 Å². The largest absolute Gasteiger partial charge is 0.478 e. The molecule has 1 unspecified atom stereocenters. The summed E-state index contributed by atoms with van der Waals surface area (Å²) in [6.45, 7) is 2.14. The maximum Gasteiger partial charge on any atom is 0.337 e. The molecule has 5 heteroatoms. The minimum atomic E-state index is -1.00. The highest BCUT2D eigenvalue weighted by molar-refractivity contribution is 7.10. The first-order chi connectivity index (χ1) is 9.61. The number of thiophene rings is 1. The Balaban J connectivity index is 2.19. The number of aromatic carboxylic acids is 1. The van der Waals surface area contributed by atoms with Gasteiger partial charge in [-0.3, -0.25) is 0 Å². The van der Waals surface area contributed by atoms with Crippen LogP contribution in [0.2, 0.25) is 0 Å². The Morgan fingerprint density at radius 2 is 2.25 bits per heavy atom. The van der Waals surface area contributed by atoms with Gasteiger partial charge >= 0.3 is 5.97 Å². The van der Waals surface area contributed by atoms with E-state index in [0.717, 1.165) is 18.5 Å². The summed E-state index contributed by atoms with van der Waals surface area (Å²) < 4.78 is 0. The van der Waals surface area contributed by atoms with Crippen LogP contribution in [0.3, 0.4) is 0 Å². The molecule has 20 heavy (non-hydrogen) atoms. The van der Waals surface area contributed by atoms with Gasteiger partial charge in [-0.25, -0.2) is 4.79 Å². The molecule has 1 heterocycles. The zero-order valence-corrected chi connectivity index (χ0v) is 12.1. The molecular formula is C15H18N2O2S. The standard InChI is InChI=1S/C15H18N2O2S/c1-2-4-13(14-5-3-8-20-14)17-10-6-7-11(15(18)19)12(16)9-10/h3,5-9,13,17H,2,4,16H2,1H3,(H,18,19). The maximum absolute atomic E-state index is 10.9. The summed E-state index contributed by atoms with van der Waals surface area (Å²) in [5, 5.41) is 14.5. The third-order valence-electron chi connectivity index (χ3n) is 3.09. The highest BCUT2D eigenvalue weighted by atomic mass is 32.1. The van der Waals surface area contributed by atoms with Crippen molar-refractivity contribution in [3.63, 3.8) is 0 Å². The molecule has 0 saturated carbocycles. The second kappa shape index (κ2) is 6.43. The van der Waals surface area contributed by atoms with E-state index in [-0.39, 0.29) is 17.3 Å². The maximum atomic E-state index is 10.9. The molecule has 1 aromatic heterocycles. The Morgan fingerprint density at radius 1 is 1.45 bits per heavy atom. The number of nitrogens with two attached hydrogens (primary N) is 1. The lowest BCUT2D eigenvalue weighted by Gasteiger charge is -2.18. The van der Waals surface area contributed by atoms with E-state index < -0.39 is 5.97 Å². The van der Waals surface area contributed by atoms with E-state index in [9.17, 15) is 4.79 Å². The Bertz CT molecular complexity index is 582. The highest BCUT2D eigenvalue weighted by Crippen LogP contribution is 2.28. The minimum absolute atomic E-state index is 0.138. The van der Waals surface area contributed by atoms with Crippen LogP contribution in [0.25, 0.3) is 0 Å². The smallest absolute Gasteiger partial charge is 0.337 e. The van der Waals surface area contributed by atoms with Gasteiger partial charge in [0, 0.05) is 16.3 Å². The number of hydrogen-bond acceptors (Lipinski definition) is 4. The quantitative estimate of drug-likeness (QED) is 0.703. The number of carboxylic acid groups (broad SMARTS) is 1. The number of hydrogen-bond donors (Lipinski definition) is 3. The van der Waals surface area contributed by atoms with Crippen molar-refractivity contribution in [1.29, 1.82) is 0 Å². The zero-order chi connectivity index (χ0) is 14.5. The first-order valence-corrected chi connectivity index (χ1v) is 7.42. The van der Waals surface area contributed by atoms with Crippen LogP contribution >= 0.6 is 11.3 Å². The van der Waals surface area contributed by atoms with Crippen molar-refractivity contribution in [1.82, 2.24) is 0 Å². The molecule has 0 aliphatic carbocycles. The lowest BCUT2D eigenvalue weighted by atomic mass is 10.1. The molecule has 4 N–H and O–H groups in total. The first kappa shape index (κ1) is 14.4. The van der Waals surface area contributed by atoms with Crippen molar-refractivity contribution in [2.24, 2.45) is 0 Å². The van der Waals surface area contributed by atoms with E-state index in [2.05, 4.69) is 23.7 Å². The molecule has 0 aliphatic rings. The number of nitrogens with one attached hydrogen (secondary N) is 1. The SMILES string of the molecule is CCCC(Nc1ccc(C(=O)O)c(N)c1)c1cccs1. The summed E-state index contributed by atoms with van der Waals surface area (Å²) in [6.07, 6.45) is 2.08. The van der Waals surface area contributed by atoms with Gasteiger partial charge in [0.1, 0.15) is 0 Å². The van der Waals surface area contributed by atoms with E-state index in [1.165, 1.54) is 10.9 Å². The second-order valence-electron chi connectivity index (χ2n) is 4.61. The van der Waals surface area contributed by atoms with Gasteiger partial charge in [0.25, 0.3) is 0 Å². The fourth-order valence-corrected chi connectivity index (χ4v) is 2.92. The molecule has 0 saturated heterocycles. The number of carboxylic acids is 1. The third-order valence-corrected chi connectivity index (χ3v) is 4.07. The Labute approximate surface area is 122 Å². The average molecular weight is 290 g/mol. The van der Waals surface area contributed by atoms with Crippen molar-refractivity contribution in [3.8, 4) is 0 Å². The average Bonchev–Trinajstić information content (AvgIpc) is 2.91. The van der Waals surface area contributed by atoms with Gasteiger partial charge in [-0.15, -0.1) is 11.3 Å². The van der Waals surface area contributed by atoms with Crippen LogP contribution < -0.4 is 11.1 Å². The van der Waals surface area contributed by atoms with Crippen molar-refractivity contribution in [3.05, 3.63) is 46.2 Å². The lowest BCUT2D eigenvalue weighted by Crippen LogP contribution is -2.10. The van der Waals surface area contributed by atoms with Crippen LogP contribution in [0.1, 0.15) is 41.0 Å². The zero-order valence-electron chi connectivity index (χ0n) is 11.3. The molecule has 0 spiro atoms. The van der Waals surface area contributed by atoms with Crippen molar-refractivity contribution in [2.75, 3.05) is 11.1 Å². The summed E-state index contributed by atoms with van der Waals surface area (Å²) in [6, 6.07) is 9.35. The number of nitrogen functional groups attached to an aromatic ring is 1. The molecule has 0 bridgehead atoms. The molecule has 1 atom stereocenters.